The molecule has 11 heteroatoms. The average Bonchev–Trinajstić information content (AvgIpc) is 3.59. The van der Waals surface area contributed by atoms with Crippen LogP contribution < -0.4 is 15.2 Å². The number of nitrogens with two attached hydrogens (primary N) is 1. The van der Waals surface area contributed by atoms with Gasteiger partial charge in [-0.3, -0.25) is 9.59 Å². The first kappa shape index (κ1) is 26.1. The summed E-state index contributed by atoms with van der Waals surface area (Å²) in [5.74, 6) is 4.14. The molecule has 0 radical (unpaired) electrons. The van der Waals surface area contributed by atoms with E-state index >= 15 is 0 Å². The molecule has 0 saturated carbocycles. The van der Waals surface area contributed by atoms with Gasteiger partial charge in [-0.25, -0.2) is 10.1 Å². The predicted molar refractivity (Wildman–Crippen MR) is 138 cm³/mol. The monoisotopic (exact) mass is 520 g/mol. The van der Waals surface area contributed by atoms with E-state index in [1.807, 2.05) is 60.7 Å². The summed E-state index contributed by atoms with van der Waals surface area (Å²) in [5, 5.41) is 8.12. The lowest BCUT2D eigenvalue weighted by Crippen LogP contribution is -2.56. The van der Waals surface area contributed by atoms with Gasteiger partial charge in [0.15, 0.2) is 0 Å². The number of H-pyrrole nitrogens is 1. The van der Waals surface area contributed by atoms with Gasteiger partial charge in [0.25, 0.3) is 10.2 Å². The number of aromatic nitrogens is 2. The second-order valence-corrected chi connectivity index (χ2v) is 9.94. The maximum absolute atomic E-state index is 13.9. The van der Waals surface area contributed by atoms with Crippen molar-refractivity contribution in [2.24, 2.45) is 5.14 Å². The van der Waals surface area contributed by atoms with Gasteiger partial charge in [0.1, 0.15) is 17.8 Å². The van der Waals surface area contributed by atoms with Crippen LogP contribution in [-0.2, 0) is 19.8 Å². The third-order valence-corrected chi connectivity index (χ3v) is 6.70. The Bertz CT molecular complexity index is 1330. The van der Waals surface area contributed by atoms with Crippen LogP contribution in [0.1, 0.15) is 35.6 Å². The number of amides is 2. The molecule has 3 aromatic rings. The smallest absolute Gasteiger partial charge is 0.275 e. The van der Waals surface area contributed by atoms with Gasteiger partial charge in [0, 0.05) is 12.5 Å². The number of imidazole rings is 1. The van der Waals surface area contributed by atoms with Gasteiger partial charge in [-0.05, 0) is 29.9 Å². The highest BCUT2D eigenvalue weighted by molar-refractivity contribution is 7.87. The van der Waals surface area contributed by atoms with Gasteiger partial charge in [0.05, 0.1) is 19.1 Å². The summed E-state index contributed by atoms with van der Waals surface area (Å²) in [7, 11) is -4.26. The Balaban J connectivity index is 1.60. The highest BCUT2D eigenvalue weighted by atomic mass is 32.2. The largest absolute Gasteiger partial charge is 0.343 e. The first-order valence-electron chi connectivity index (χ1n) is 11.8. The van der Waals surface area contributed by atoms with Crippen molar-refractivity contribution in [1.29, 1.82) is 0 Å². The van der Waals surface area contributed by atoms with Gasteiger partial charge in [0.2, 0.25) is 11.8 Å². The Labute approximate surface area is 215 Å². The Morgan fingerprint density at radius 2 is 1.76 bits per heavy atom. The number of hydrogen-bond acceptors (Lipinski definition) is 5. The number of aromatic amines is 1. The van der Waals surface area contributed by atoms with Crippen LogP contribution in [0.2, 0.25) is 0 Å². The minimum atomic E-state index is -4.26. The summed E-state index contributed by atoms with van der Waals surface area (Å²) in [6.07, 6.45) is 4.14. The molecule has 1 aliphatic rings. The maximum atomic E-state index is 13.9. The number of rotatable bonds is 8. The van der Waals surface area contributed by atoms with Crippen molar-refractivity contribution in [1.82, 2.24) is 24.9 Å². The molecular weight excluding hydrogens is 492 g/mol. The molecule has 0 bridgehead atoms. The number of hydrogen-bond donors (Lipinski definition) is 4. The number of nitrogens with zero attached hydrogens (tertiary/aromatic N) is 2. The molecule has 4 rings (SSSR count). The SMILES string of the molecule is NS(=O)(=O)N[C@@H](C(=O)N1CCC[C@H]1C(=O)NCC#Cc1cnc[nH]1)C(c1ccccc1)c1ccccc1. The molecule has 1 saturated heterocycles. The highest BCUT2D eigenvalue weighted by Crippen LogP contribution is 2.31. The number of carbonyl (C=O) groups excluding carboxylic acids is 2. The third-order valence-electron chi connectivity index (χ3n) is 6.12. The van der Waals surface area contributed by atoms with Gasteiger partial charge >= 0.3 is 0 Å². The molecule has 192 valence electrons. The summed E-state index contributed by atoms with van der Waals surface area (Å²) < 4.78 is 26.8. The number of likely N-dealkylation sites (tertiary alicyclic amines) is 1. The Morgan fingerprint density at radius 3 is 2.32 bits per heavy atom. The first-order valence-corrected chi connectivity index (χ1v) is 13.3. The maximum Gasteiger partial charge on any atom is 0.275 e. The van der Waals surface area contributed by atoms with Gasteiger partial charge in [-0.1, -0.05) is 66.6 Å². The van der Waals surface area contributed by atoms with E-state index in [9.17, 15) is 18.0 Å². The van der Waals surface area contributed by atoms with Gasteiger partial charge < -0.3 is 15.2 Å². The van der Waals surface area contributed by atoms with Crippen LogP contribution in [0.25, 0.3) is 0 Å². The molecule has 5 N–H and O–H groups in total. The van der Waals surface area contributed by atoms with E-state index in [1.54, 1.807) is 6.20 Å². The molecule has 1 aliphatic heterocycles. The lowest BCUT2D eigenvalue weighted by molar-refractivity contribution is -0.139. The summed E-state index contributed by atoms with van der Waals surface area (Å²) in [6, 6.07) is 16.3. The van der Waals surface area contributed by atoms with Crippen LogP contribution in [0, 0.1) is 11.8 Å². The van der Waals surface area contributed by atoms with Crippen LogP contribution >= 0.6 is 0 Å². The fourth-order valence-electron chi connectivity index (χ4n) is 4.53. The van der Waals surface area contributed by atoms with Crippen molar-refractivity contribution >= 4 is 22.0 Å². The van der Waals surface area contributed by atoms with Crippen molar-refractivity contribution < 1.29 is 18.0 Å². The van der Waals surface area contributed by atoms with E-state index < -0.39 is 34.1 Å². The molecule has 0 unspecified atom stereocenters. The molecule has 2 amide bonds. The van der Waals surface area contributed by atoms with E-state index in [0.717, 1.165) is 11.1 Å². The highest BCUT2D eigenvalue weighted by Gasteiger charge is 2.41. The molecule has 1 aromatic heterocycles. The van der Waals surface area contributed by atoms with E-state index in [4.69, 9.17) is 5.14 Å². The zero-order valence-corrected chi connectivity index (χ0v) is 20.8. The first-order chi connectivity index (χ1) is 17.8. The van der Waals surface area contributed by atoms with Crippen LogP contribution in [-0.4, -0.2) is 60.3 Å². The summed E-state index contributed by atoms with van der Waals surface area (Å²) in [4.78, 5) is 35.1. The summed E-state index contributed by atoms with van der Waals surface area (Å²) in [5.41, 5.74) is 2.09. The van der Waals surface area contributed by atoms with E-state index in [1.165, 1.54) is 11.2 Å². The quantitative estimate of drug-likeness (QED) is 0.325. The predicted octanol–water partition coefficient (Wildman–Crippen LogP) is 0.862. The topological polar surface area (TPSA) is 150 Å². The number of benzene rings is 2. The lowest BCUT2D eigenvalue weighted by Gasteiger charge is -2.33. The fourth-order valence-corrected chi connectivity index (χ4v) is 5.12. The molecule has 37 heavy (non-hydrogen) atoms. The van der Waals surface area contributed by atoms with Gasteiger partial charge in [-0.2, -0.15) is 13.1 Å². The van der Waals surface area contributed by atoms with E-state index in [2.05, 4.69) is 31.8 Å². The fraction of sp³-hybridized carbons (Fsp3) is 0.269. The lowest BCUT2D eigenvalue weighted by atomic mass is 9.84. The molecule has 10 nitrogen and oxygen atoms in total. The number of carbonyl (C=O) groups is 2. The van der Waals surface area contributed by atoms with E-state index in [-0.39, 0.29) is 12.5 Å². The normalized spacial score (nSPS) is 16.2. The zero-order chi connectivity index (χ0) is 26.3. The second-order valence-electron chi connectivity index (χ2n) is 8.61. The number of nitrogens with one attached hydrogen (secondary N) is 3. The minimum Gasteiger partial charge on any atom is -0.343 e. The van der Waals surface area contributed by atoms with Crippen molar-refractivity contribution in [3.63, 3.8) is 0 Å². The van der Waals surface area contributed by atoms with Crippen molar-refractivity contribution in [3.8, 4) is 11.8 Å². The van der Waals surface area contributed by atoms with Gasteiger partial charge in [-0.15, -0.1) is 0 Å². The average molecular weight is 521 g/mol. The minimum absolute atomic E-state index is 0.0892. The van der Waals surface area contributed by atoms with Crippen molar-refractivity contribution in [2.75, 3.05) is 13.1 Å². The third kappa shape index (κ3) is 6.83. The van der Waals surface area contributed by atoms with Crippen LogP contribution in [0.5, 0.6) is 0 Å². The van der Waals surface area contributed by atoms with Crippen LogP contribution in [0.4, 0.5) is 0 Å². The Morgan fingerprint density at radius 1 is 1.11 bits per heavy atom. The molecule has 2 aromatic carbocycles. The zero-order valence-electron chi connectivity index (χ0n) is 20.0. The Hall–Kier alpha value is -3.98. The van der Waals surface area contributed by atoms with Crippen LogP contribution in [0.15, 0.2) is 73.2 Å². The van der Waals surface area contributed by atoms with Crippen molar-refractivity contribution in [3.05, 3.63) is 90.0 Å². The second kappa shape index (κ2) is 11.8. The molecule has 2 atom stereocenters. The van der Waals surface area contributed by atoms with E-state index in [0.29, 0.717) is 25.1 Å². The summed E-state index contributed by atoms with van der Waals surface area (Å²) in [6.45, 7) is 0.405. The van der Waals surface area contributed by atoms with Crippen molar-refractivity contribution in [2.45, 2.75) is 30.8 Å². The molecule has 0 aliphatic carbocycles. The van der Waals surface area contributed by atoms with Crippen LogP contribution in [0.3, 0.4) is 0 Å². The molecule has 0 spiro atoms. The molecular formula is C26H28N6O4S. The molecule has 2 heterocycles. The summed E-state index contributed by atoms with van der Waals surface area (Å²) >= 11 is 0. The standard InChI is InChI=1S/C26H28N6O4S/c27-37(35,36)31-24(23(19-9-3-1-4-10-19)20-11-5-2-6-12-20)26(34)32-16-8-14-22(32)25(33)29-15-7-13-21-17-28-18-30-21/h1-6,9-12,17-18,22-24,31H,8,14-16H2,(H,28,30)(H,29,33)(H2,27,35,36)/t22-,24+/m0/s1. The molecule has 1 fully saturated rings. The Kier molecular flexibility index (Phi) is 8.35.